The van der Waals surface area contributed by atoms with Gasteiger partial charge in [-0.3, -0.25) is 14.5 Å². The maximum atomic E-state index is 13.0. The molecule has 0 aliphatic rings. The smallest absolute Gasteiger partial charge is 0.261 e. The Kier molecular flexibility index (Phi) is 6.46. The quantitative estimate of drug-likeness (QED) is 0.595. The number of halogens is 2. The third kappa shape index (κ3) is 5.52. The van der Waals surface area contributed by atoms with Gasteiger partial charge in [-0.25, -0.2) is 12.8 Å². The molecule has 0 atom stereocenters. The van der Waals surface area contributed by atoms with Crippen LogP contribution in [-0.4, -0.2) is 25.9 Å². The first kappa shape index (κ1) is 20.8. The minimum atomic E-state index is -3.99. The number of benzene rings is 2. The van der Waals surface area contributed by atoms with Gasteiger partial charge in [0.05, 0.1) is 15.6 Å². The SMILES string of the molecule is O=C(NCCc1cccnc1)c1ccc(Cl)c(NS(=O)(=O)c2ccc(F)cc2)c1. The van der Waals surface area contributed by atoms with E-state index >= 15 is 0 Å². The van der Waals surface area contributed by atoms with Gasteiger partial charge in [0.1, 0.15) is 5.82 Å². The van der Waals surface area contributed by atoms with E-state index in [0.717, 1.165) is 29.8 Å². The van der Waals surface area contributed by atoms with Crippen LogP contribution >= 0.6 is 11.6 Å². The Morgan fingerprint density at radius 3 is 2.55 bits per heavy atom. The Hall–Kier alpha value is -2.97. The molecule has 1 heterocycles. The summed E-state index contributed by atoms with van der Waals surface area (Å²) in [6, 6.07) is 12.4. The van der Waals surface area contributed by atoms with Crippen LogP contribution < -0.4 is 10.0 Å². The molecule has 0 bridgehead atoms. The summed E-state index contributed by atoms with van der Waals surface area (Å²) in [5, 5.41) is 2.89. The fraction of sp³-hybridized carbons (Fsp3) is 0.100. The van der Waals surface area contributed by atoms with E-state index in [1.165, 1.54) is 18.2 Å². The molecular formula is C20H17ClFN3O3S. The predicted octanol–water partition coefficient (Wildman–Crippen LogP) is 3.65. The highest BCUT2D eigenvalue weighted by Crippen LogP contribution is 2.26. The molecule has 29 heavy (non-hydrogen) atoms. The van der Waals surface area contributed by atoms with Gasteiger partial charge in [-0.05, 0) is 60.5 Å². The van der Waals surface area contributed by atoms with Gasteiger partial charge in [0.25, 0.3) is 15.9 Å². The lowest BCUT2D eigenvalue weighted by Crippen LogP contribution is -2.26. The predicted molar refractivity (Wildman–Crippen MR) is 109 cm³/mol. The Labute approximate surface area is 172 Å². The molecule has 2 N–H and O–H groups in total. The number of nitrogens with one attached hydrogen (secondary N) is 2. The summed E-state index contributed by atoms with van der Waals surface area (Å²) < 4.78 is 40.3. The zero-order valence-electron chi connectivity index (χ0n) is 15.1. The van der Waals surface area contributed by atoms with E-state index in [1.807, 2.05) is 12.1 Å². The van der Waals surface area contributed by atoms with Crippen LogP contribution in [0.25, 0.3) is 0 Å². The van der Waals surface area contributed by atoms with Gasteiger partial charge in [0, 0.05) is 24.5 Å². The van der Waals surface area contributed by atoms with Crippen LogP contribution in [0.3, 0.4) is 0 Å². The highest BCUT2D eigenvalue weighted by Gasteiger charge is 2.17. The summed E-state index contributed by atoms with van der Waals surface area (Å²) >= 11 is 6.08. The van der Waals surface area contributed by atoms with Crippen LogP contribution in [0.4, 0.5) is 10.1 Å². The molecule has 1 amide bonds. The second-order valence-corrected chi connectivity index (χ2v) is 8.21. The van der Waals surface area contributed by atoms with Crippen LogP contribution in [-0.2, 0) is 16.4 Å². The molecule has 0 spiro atoms. The Morgan fingerprint density at radius 2 is 1.86 bits per heavy atom. The van der Waals surface area contributed by atoms with Crippen molar-refractivity contribution in [2.24, 2.45) is 0 Å². The van der Waals surface area contributed by atoms with Crippen LogP contribution in [0.2, 0.25) is 5.02 Å². The summed E-state index contributed by atoms with van der Waals surface area (Å²) in [7, 11) is -3.99. The van der Waals surface area contributed by atoms with E-state index in [1.54, 1.807) is 12.4 Å². The van der Waals surface area contributed by atoms with Gasteiger partial charge >= 0.3 is 0 Å². The van der Waals surface area contributed by atoms with Crippen molar-refractivity contribution in [1.82, 2.24) is 10.3 Å². The maximum absolute atomic E-state index is 13.0. The van der Waals surface area contributed by atoms with Gasteiger partial charge in [0.15, 0.2) is 0 Å². The van der Waals surface area contributed by atoms with Gasteiger partial charge in [0.2, 0.25) is 0 Å². The summed E-state index contributed by atoms with van der Waals surface area (Å²) in [4.78, 5) is 16.3. The average Bonchev–Trinajstić information content (AvgIpc) is 2.70. The number of anilines is 1. The number of pyridine rings is 1. The number of aromatic nitrogens is 1. The summed E-state index contributed by atoms with van der Waals surface area (Å²) in [5.41, 5.74) is 1.28. The first-order chi connectivity index (χ1) is 13.8. The number of nitrogens with zero attached hydrogens (tertiary/aromatic N) is 1. The normalized spacial score (nSPS) is 11.1. The molecule has 0 radical (unpaired) electrons. The van der Waals surface area contributed by atoms with Crippen molar-refractivity contribution in [2.75, 3.05) is 11.3 Å². The van der Waals surface area contributed by atoms with E-state index in [0.29, 0.717) is 13.0 Å². The number of hydrogen-bond donors (Lipinski definition) is 2. The standard InChI is InChI=1S/C20H17ClFN3O3S/c21-18-8-3-15(20(26)24-11-9-14-2-1-10-23-13-14)12-19(18)25-29(27,28)17-6-4-16(22)5-7-17/h1-8,10,12-13,25H,9,11H2,(H,24,26). The van der Waals surface area contributed by atoms with Crippen molar-refractivity contribution in [3.05, 3.63) is 89.0 Å². The highest BCUT2D eigenvalue weighted by atomic mass is 35.5. The summed E-state index contributed by atoms with van der Waals surface area (Å²) in [6.07, 6.45) is 4.00. The number of hydrogen-bond acceptors (Lipinski definition) is 4. The van der Waals surface area contributed by atoms with Crippen molar-refractivity contribution in [2.45, 2.75) is 11.3 Å². The lowest BCUT2D eigenvalue weighted by atomic mass is 10.1. The Morgan fingerprint density at radius 1 is 1.10 bits per heavy atom. The van der Waals surface area contributed by atoms with Crippen LogP contribution in [0, 0.1) is 5.82 Å². The monoisotopic (exact) mass is 433 g/mol. The zero-order chi connectivity index (χ0) is 20.9. The van der Waals surface area contributed by atoms with E-state index in [4.69, 9.17) is 11.6 Å². The fourth-order valence-corrected chi connectivity index (χ4v) is 3.82. The molecule has 2 aromatic carbocycles. The van der Waals surface area contributed by atoms with Gasteiger partial charge in [-0.2, -0.15) is 0 Å². The lowest BCUT2D eigenvalue weighted by molar-refractivity contribution is 0.0954. The van der Waals surface area contributed by atoms with E-state index < -0.39 is 15.8 Å². The van der Waals surface area contributed by atoms with Crippen molar-refractivity contribution >= 4 is 33.2 Å². The second kappa shape index (κ2) is 9.02. The minimum Gasteiger partial charge on any atom is -0.352 e. The molecule has 150 valence electrons. The van der Waals surface area contributed by atoms with Crippen molar-refractivity contribution in [3.63, 3.8) is 0 Å². The molecule has 0 fully saturated rings. The third-order valence-corrected chi connectivity index (χ3v) is 5.73. The molecule has 0 unspecified atom stereocenters. The topological polar surface area (TPSA) is 88.2 Å². The molecule has 1 aromatic heterocycles. The first-order valence-corrected chi connectivity index (χ1v) is 10.5. The zero-order valence-corrected chi connectivity index (χ0v) is 16.7. The van der Waals surface area contributed by atoms with Gasteiger partial charge in [-0.1, -0.05) is 17.7 Å². The van der Waals surface area contributed by atoms with Crippen LogP contribution in [0.5, 0.6) is 0 Å². The number of amides is 1. The molecule has 9 heteroatoms. The minimum absolute atomic E-state index is 0.0518. The van der Waals surface area contributed by atoms with Gasteiger partial charge < -0.3 is 5.32 Å². The number of carbonyl (C=O) groups excluding carboxylic acids is 1. The molecule has 0 aliphatic carbocycles. The van der Waals surface area contributed by atoms with Crippen molar-refractivity contribution in [1.29, 1.82) is 0 Å². The summed E-state index contributed by atoms with van der Waals surface area (Å²) in [5.74, 6) is -0.917. The van der Waals surface area contributed by atoms with Crippen LogP contribution in [0.1, 0.15) is 15.9 Å². The average molecular weight is 434 g/mol. The number of carbonyl (C=O) groups is 1. The third-order valence-electron chi connectivity index (χ3n) is 4.02. The maximum Gasteiger partial charge on any atom is 0.261 e. The molecule has 3 rings (SSSR count). The Balaban J connectivity index is 1.70. The highest BCUT2D eigenvalue weighted by molar-refractivity contribution is 7.92. The lowest BCUT2D eigenvalue weighted by Gasteiger charge is -2.12. The Bertz CT molecular complexity index is 1110. The molecule has 3 aromatic rings. The molecule has 0 saturated heterocycles. The van der Waals surface area contributed by atoms with Crippen molar-refractivity contribution in [3.8, 4) is 0 Å². The molecule has 0 aliphatic heterocycles. The second-order valence-electron chi connectivity index (χ2n) is 6.12. The van der Waals surface area contributed by atoms with Crippen molar-refractivity contribution < 1.29 is 17.6 Å². The van der Waals surface area contributed by atoms with Gasteiger partial charge in [-0.15, -0.1) is 0 Å². The first-order valence-electron chi connectivity index (χ1n) is 8.60. The number of rotatable bonds is 7. The molecule has 6 nitrogen and oxygen atoms in total. The van der Waals surface area contributed by atoms with E-state index in [2.05, 4.69) is 15.0 Å². The fourth-order valence-electron chi connectivity index (χ4n) is 2.53. The molecule has 0 saturated carbocycles. The summed E-state index contributed by atoms with van der Waals surface area (Å²) in [6.45, 7) is 0.393. The van der Waals surface area contributed by atoms with E-state index in [-0.39, 0.29) is 27.1 Å². The largest absolute Gasteiger partial charge is 0.352 e. The number of sulfonamides is 1. The van der Waals surface area contributed by atoms with Crippen LogP contribution in [0.15, 0.2) is 71.9 Å². The van der Waals surface area contributed by atoms with E-state index in [9.17, 15) is 17.6 Å². The molecular weight excluding hydrogens is 417 g/mol.